The number of alkyl halides is 1. The molecular weight excluding hydrogens is 417 g/mol. The maximum Gasteiger partial charge on any atom is 0.269 e. The van der Waals surface area contributed by atoms with Gasteiger partial charge >= 0.3 is 0 Å². The number of fused-ring (bicyclic) bond motifs is 1. The highest BCUT2D eigenvalue weighted by molar-refractivity contribution is 5.87. The number of nitriles is 1. The molecule has 2 aromatic carbocycles. The van der Waals surface area contributed by atoms with E-state index >= 15 is 0 Å². The zero-order chi connectivity index (χ0) is 22.8. The van der Waals surface area contributed by atoms with Crippen molar-refractivity contribution >= 4 is 22.5 Å². The van der Waals surface area contributed by atoms with E-state index < -0.39 is 29.1 Å². The fourth-order valence-electron chi connectivity index (χ4n) is 3.85. The van der Waals surface area contributed by atoms with E-state index in [0.717, 1.165) is 16.5 Å². The van der Waals surface area contributed by atoms with Gasteiger partial charge in [-0.3, -0.25) is 14.9 Å². The van der Waals surface area contributed by atoms with Gasteiger partial charge in [-0.2, -0.15) is 5.26 Å². The lowest BCUT2D eigenvalue weighted by Gasteiger charge is -2.23. The highest BCUT2D eigenvalue weighted by Crippen LogP contribution is 2.29. The van der Waals surface area contributed by atoms with Crippen LogP contribution in [0, 0.1) is 21.4 Å². The Kier molecular flexibility index (Phi) is 5.75. The molecule has 1 fully saturated rings. The van der Waals surface area contributed by atoms with Crippen LogP contribution in [0.25, 0.3) is 10.9 Å². The minimum absolute atomic E-state index is 0.00535. The number of nitro groups is 1. The summed E-state index contributed by atoms with van der Waals surface area (Å²) in [5, 5.41) is 20.8. The zero-order valence-electron chi connectivity index (χ0n) is 16.9. The van der Waals surface area contributed by atoms with Gasteiger partial charge in [-0.1, -0.05) is 0 Å². The molecule has 0 saturated carbocycles. The second-order valence-corrected chi connectivity index (χ2v) is 7.65. The Balaban J connectivity index is 1.50. The second-order valence-electron chi connectivity index (χ2n) is 7.65. The number of halogens is 1. The first-order valence-corrected chi connectivity index (χ1v) is 9.97. The van der Waals surface area contributed by atoms with Gasteiger partial charge < -0.3 is 20.4 Å². The third kappa shape index (κ3) is 4.24. The van der Waals surface area contributed by atoms with Gasteiger partial charge in [0.2, 0.25) is 5.91 Å². The number of amides is 1. The van der Waals surface area contributed by atoms with E-state index in [1.54, 1.807) is 18.3 Å². The van der Waals surface area contributed by atoms with Crippen molar-refractivity contribution in [2.45, 2.75) is 31.1 Å². The highest BCUT2D eigenvalue weighted by Gasteiger charge is 2.37. The average molecular weight is 437 g/mol. The number of nitro benzene ring substituents is 1. The van der Waals surface area contributed by atoms with Crippen LogP contribution in [0.5, 0.6) is 11.5 Å². The van der Waals surface area contributed by atoms with Crippen LogP contribution in [0.2, 0.25) is 0 Å². The van der Waals surface area contributed by atoms with Crippen molar-refractivity contribution in [3.63, 3.8) is 0 Å². The summed E-state index contributed by atoms with van der Waals surface area (Å²) in [7, 11) is 0. The molecule has 1 unspecified atom stereocenters. The molecule has 1 saturated heterocycles. The Morgan fingerprint density at radius 2 is 2.06 bits per heavy atom. The van der Waals surface area contributed by atoms with Gasteiger partial charge in [-0.05, 0) is 42.3 Å². The topological polar surface area (TPSA) is 138 Å². The number of non-ortho nitro benzene ring substituents is 1. The van der Waals surface area contributed by atoms with Gasteiger partial charge in [0, 0.05) is 35.7 Å². The summed E-state index contributed by atoms with van der Waals surface area (Å²) in [6.07, 6.45) is 0.733. The SMILES string of the molecule is N#C[C@@H]1CC(F)CN1C(=O)[C@@H](N)Cc1c[nH]c2ccc(Oc3ccc([N+](=O)[O-])cc3)cc12. The molecule has 3 N–H and O–H groups in total. The van der Waals surface area contributed by atoms with E-state index in [1.807, 2.05) is 12.1 Å². The standard InChI is InChI=1S/C22H20FN5O4/c23-14-8-16(10-24)27(12-14)22(29)20(25)7-13-11-26-21-6-5-18(9-19(13)21)32-17-3-1-15(2-4-17)28(30)31/h1-6,9,11,14,16,20,26H,7-8,12,25H2/t14?,16-,20-/m0/s1. The summed E-state index contributed by atoms with van der Waals surface area (Å²) in [5.74, 6) is 0.497. The molecule has 9 nitrogen and oxygen atoms in total. The first-order chi connectivity index (χ1) is 15.4. The number of nitrogens with two attached hydrogens (primary N) is 1. The largest absolute Gasteiger partial charge is 0.457 e. The molecule has 32 heavy (non-hydrogen) atoms. The Morgan fingerprint density at radius 3 is 2.75 bits per heavy atom. The van der Waals surface area contributed by atoms with Crippen LogP contribution in [0.4, 0.5) is 10.1 Å². The molecule has 0 spiro atoms. The molecule has 1 amide bonds. The van der Waals surface area contributed by atoms with Crippen molar-refractivity contribution in [1.29, 1.82) is 5.26 Å². The van der Waals surface area contributed by atoms with E-state index in [1.165, 1.54) is 29.2 Å². The molecule has 3 aromatic rings. The maximum absolute atomic E-state index is 13.7. The van der Waals surface area contributed by atoms with Crippen molar-refractivity contribution in [2.75, 3.05) is 6.54 Å². The van der Waals surface area contributed by atoms with E-state index in [2.05, 4.69) is 4.98 Å². The normalized spacial score (nSPS) is 19.0. The lowest BCUT2D eigenvalue weighted by molar-refractivity contribution is -0.384. The summed E-state index contributed by atoms with van der Waals surface area (Å²) in [6.45, 7) is -0.119. The number of likely N-dealkylation sites (tertiary alicyclic amines) is 1. The quantitative estimate of drug-likeness (QED) is 0.449. The lowest BCUT2D eigenvalue weighted by Crippen LogP contribution is -2.46. The van der Waals surface area contributed by atoms with Crippen molar-refractivity contribution in [2.24, 2.45) is 5.73 Å². The molecule has 4 rings (SSSR count). The number of hydrogen-bond acceptors (Lipinski definition) is 6. The van der Waals surface area contributed by atoms with Gasteiger partial charge in [0.15, 0.2) is 0 Å². The van der Waals surface area contributed by atoms with Crippen LogP contribution < -0.4 is 10.5 Å². The fourth-order valence-corrected chi connectivity index (χ4v) is 3.85. The van der Waals surface area contributed by atoms with Crippen molar-refractivity contribution in [1.82, 2.24) is 9.88 Å². The molecule has 1 aliphatic rings. The number of nitrogens with one attached hydrogen (secondary N) is 1. The van der Waals surface area contributed by atoms with Crippen LogP contribution in [-0.2, 0) is 11.2 Å². The number of hydrogen-bond donors (Lipinski definition) is 2. The van der Waals surface area contributed by atoms with Crippen LogP contribution >= 0.6 is 0 Å². The fraction of sp³-hybridized carbons (Fsp3) is 0.273. The molecule has 0 radical (unpaired) electrons. The molecular formula is C22H20FN5O4. The molecule has 10 heteroatoms. The number of rotatable bonds is 6. The summed E-state index contributed by atoms with van der Waals surface area (Å²) in [4.78, 5) is 27.3. The molecule has 0 bridgehead atoms. The molecule has 3 atom stereocenters. The predicted molar refractivity (Wildman–Crippen MR) is 114 cm³/mol. The second kappa shape index (κ2) is 8.64. The van der Waals surface area contributed by atoms with E-state index in [0.29, 0.717) is 11.5 Å². The molecule has 0 aliphatic carbocycles. The number of aromatic amines is 1. The number of benzene rings is 2. The number of H-pyrrole nitrogens is 1. The van der Waals surface area contributed by atoms with E-state index in [9.17, 15) is 24.6 Å². The van der Waals surface area contributed by atoms with Gasteiger partial charge in [-0.25, -0.2) is 4.39 Å². The Hall–Kier alpha value is -3.97. The highest BCUT2D eigenvalue weighted by atomic mass is 19.1. The summed E-state index contributed by atoms with van der Waals surface area (Å²) in [5.41, 5.74) is 7.68. The smallest absolute Gasteiger partial charge is 0.269 e. The molecule has 1 aliphatic heterocycles. The monoisotopic (exact) mass is 437 g/mol. The van der Waals surface area contributed by atoms with E-state index in [-0.39, 0.29) is 25.1 Å². The summed E-state index contributed by atoms with van der Waals surface area (Å²) >= 11 is 0. The van der Waals surface area contributed by atoms with E-state index in [4.69, 9.17) is 10.5 Å². The number of nitrogens with zero attached hydrogens (tertiary/aromatic N) is 3. The van der Waals surface area contributed by atoms with Crippen molar-refractivity contribution in [3.8, 4) is 17.6 Å². The average Bonchev–Trinajstić information content (AvgIpc) is 3.36. The maximum atomic E-state index is 13.7. The lowest BCUT2D eigenvalue weighted by atomic mass is 10.0. The first kappa shape index (κ1) is 21.3. The molecule has 164 valence electrons. The third-order valence-electron chi connectivity index (χ3n) is 5.46. The molecule has 2 heterocycles. The zero-order valence-corrected chi connectivity index (χ0v) is 16.9. The van der Waals surface area contributed by atoms with Gasteiger partial charge in [0.25, 0.3) is 5.69 Å². The minimum atomic E-state index is -1.22. The van der Waals surface area contributed by atoms with Crippen molar-refractivity contribution in [3.05, 3.63) is 64.3 Å². The molecule has 1 aromatic heterocycles. The van der Waals surface area contributed by atoms with Crippen LogP contribution in [0.3, 0.4) is 0 Å². The van der Waals surface area contributed by atoms with Crippen LogP contribution in [0.1, 0.15) is 12.0 Å². The van der Waals surface area contributed by atoms with Gasteiger partial charge in [0.1, 0.15) is 23.7 Å². The van der Waals surface area contributed by atoms with Gasteiger partial charge in [-0.15, -0.1) is 0 Å². The Labute approximate surface area is 182 Å². The van der Waals surface area contributed by atoms with Gasteiger partial charge in [0.05, 0.1) is 23.6 Å². The Morgan fingerprint density at radius 1 is 1.34 bits per heavy atom. The number of carbonyl (C=O) groups is 1. The first-order valence-electron chi connectivity index (χ1n) is 9.97. The number of aromatic nitrogens is 1. The third-order valence-corrected chi connectivity index (χ3v) is 5.46. The predicted octanol–water partition coefficient (Wildman–Crippen LogP) is 3.20. The minimum Gasteiger partial charge on any atom is -0.457 e. The van der Waals surface area contributed by atoms with Crippen LogP contribution in [-0.4, -0.2) is 45.5 Å². The van der Waals surface area contributed by atoms with Crippen molar-refractivity contribution < 1.29 is 18.8 Å². The van der Waals surface area contributed by atoms with Crippen LogP contribution in [0.15, 0.2) is 48.7 Å². The summed E-state index contributed by atoms with van der Waals surface area (Å²) < 4.78 is 19.5. The summed E-state index contributed by atoms with van der Waals surface area (Å²) in [6, 6.07) is 11.3. The Bertz CT molecular complexity index is 1200. The number of ether oxygens (including phenoxy) is 1. The number of carbonyl (C=O) groups excluding carboxylic acids is 1.